The number of nitrogens with one attached hydrogen (secondary N) is 1. The molecule has 0 spiro atoms. The Bertz CT molecular complexity index is 501. The fourth-order valence-corrected chi connectivity index (χ4v) is 1.42. The van der Waals surface area contributed by atoms with Crippen molar-refractivity contribution in [2.75, 3.05) is 25.2 Å². The second-order valence-corrected chi connectivity index (χ2v) is 5.95. The summed E-state index contributed by atoms with van der Waals surface area (Å²) in [6.45, 7) is -0.261. The first kappa shape index (κ1) is 13.9. The Morgan fingerprint density at radius 3 is 2.65 bits per heavy atom. The van der Waals surface area contributed by atoms with Gasteiger partial charge in [-0.3, -0.25) is 4.79 Å². The highest BCUT2D eigenvalue weighted by atomic mass is 35.5. The third kappa shape index (κ3) is 4.68. The standard InChI is InChI=1S/C9H12ClN3O3S/c1-13(17(2,15)16)6-9(14)12-8-4-3-7(10)5-11-8/h3-5H,6H2,1-2H3,(H,11,12,14). The summed E-state index contributed by atoms with van der Waals surface area (Å²) in [5, 5.41) is 2.91. The Balaban J connectivity index is 2.59. The molecule has 0 aliphatic carbocycles. The van der Waals surface area contributed by atoms with Crippen molar-refractivity contribution in [3.8, 4) is 0 Å². The molecule has 0 saturated heterocycles. The number of carbonyl (C=O) groups excluding carboxylic acids is 1. The van der Waals surface area contributed by atoms with Crippen LogP contribution >= 0.6 is 11.6 Å². The largest absolute Gasteiger partial charge is 0.310 e. The molecule has 94 valence electrons. The van der Waals surface area contributed by atoms with Crippen molar-refractivity contribution in [2.24, 2.45) is 0 Å². The van der Waals surface area contributed by atoms with Crippen LogP contribution in [0.15, 0.2) is 18.3 Å². The van der Waals surface area contributed by atoms with Gasteiger partial charge in [-0.1, -0.05) is 11.6 Å². The van der Waals surface area contributed by atoms with E-state index in [2.05, 4.69) is 10.3 Å². The summed E-state index contributed by atoms with van der Waals surface area (Å²) in [6, 6.07) is 3.10. The Hall–Kier alpha value is -1.18. The van der Waals surface area contributed by atoms with Crippen molar-refractivity contribution in [1.29, 1.82) is 0 Å². The second kappa shape index (κ2) is 5.44. The molecule has 17 heavy (non-hydrogen) atoms. The number of sulfonamides is 1. The molecule has 0 bridgehead atoms. The highest BCUT2D eigenvalue weighted by Crippen LogP contribution is 2.09. The molecule has 8 heteroatoms. The topological polar surface area (TPSA) is 79.4 Å². The number of nitrogens with zero attached hydrogens (tertiary/aromatic N) is 2. The molecule has 1 heterocycles. The minimum absolute atomic E-state index is 0.261. The molecule has 1 N–H and O–H groups in total. The minimum Gasteiger partial charge on any atom is -0.310 e. The van der Waals surface area contributed by atoms with E-state index in [4.69, 9.17) is 11.6 Å². The van der Waals surface area contributed by atoms with Crippen molar-refractivity contribution in [2.45, 2.75) is 0 Å². The van der Waals surface area contributed by atoms with Crippen molar-refractivity contribution >= 4 is 33.3 Å². The molecule has 1 amide bonds. The molecule has 1 aromatic heterocycles. The second-order valence-electron chi connectivity index (χ2n) is 3.43. The van der Waals surface area contributed by atoms with E-state index in [0.717, 1.165) is 10.6 Å². The summed E-state index contributed by atoms with van der Waals surface area (Å²) >= 11 is 5.63. The Morgan fingerprint density at radius 2 is 2.18 bits per heavy atom. The first-order valence-electron chi connectivity index (χ1n) is 4.62. The fourth-order valence-electron chi connectivity index (χ4n) is 0.952. The molecule has 1 aromatic rings. The summed E-state index contributed by atoms with van der Waals surface area (Å²) in [6.07, 6.45) is 2.41. The van der Waals surface area contributed by atoms with Crippen LogP contribution in [0.1, 0.15) is 0 Å². The summed E-state index contributed by atoms with van der Waals surface area (Å²) < 4.78 is 23.1. The van der Waals surface area contributed by atoms with Gasteiger partial charge in [0.2, 0.25) is 15.9 Å². The van der Waals surface area contributed by atoms with Crippen molar-refractivity contribution in [3.63, 3.8) is 0 Å². The van der Waals surface area contributed by atoms with E-state index in [-0.39, 0.29) is 6.54 Å². The Labute approximate surface area is 105 Å². The lowest BCUT2D eigenvalue weighted by Gasteiger charge is -2.13. The molecule has 0 aliphatic heterocycles. The number of halogens is 1. The maximum absolute atomic E-state index is 11.5. The molecule has 0 aromatic carbocycles. The maximum Gasteiger partial charge on any atom is 0.240 e. The molecule has 0 radical (unpaired) electrons. The highest BCUT2D eigenvalue weighted by molar-refractivity contribution is 7.88. The zero-order valence-electron chi connectivity index (χ0n) is 9.34. The molecular weight excluding hydrogens is 266 g/mol. The van der Waals surface area contributed by atoms with Crippen molar-refractivity contribution in [3.05, 3.63) is 23.4 Å². The average molecular weight is 278 g/mol. The van der Waals surface area contributed by atoms with Crippen LogP contribution in [0, 0.1) is 0 Å². The van der Waals surface area contributed by atoms with Crippen LogP contribution in [0.4, 0.5) is 5.82 Å². The third-order valence-electron chi connectivity index (χ3n) is 1.93. The molecule has 0 unspecified atom stereocenters. The van der Waals surface area contributed by atoms with E-state index in [0.29, 0.717) is 10.8 Å². The van der Waals surface area contributed by atoms with Crippen LogP contribution < -0.4 is 5.32 Å². The third-order valence-corrected chi connectivity index (χ3v) is 3.41. The SMILES string of the molecule is CN(CC(=O)Nc1ccc(Cl)cn1)S(C)(=O)=O. The Kier molecular flexibility index (Phi) is 4.44. The number of likely N-dealkylation sites (N-methyl/N-ethyl adjacent to an activating group) is 1. The van der Waals surface area contributed by atoms with Crippen molar-refractivity contribution < 1.29 is 13.2 Å². The highest BCUT2D eigenvalue weighted by Gasteiger charge is 2.15. The predicted octanol–water partition coefficient (Wildman–Crippen LogP) is 0.565. The first-order valence-corrected chi connectivity index (χ1v) is 6.84. The van der Waals surface area contributed by atoms with Gasteiger partial charge in [0.15, 0.2) is 0 Å². The number of hydrogen-bond acceptors (Lipinski definition) is 4. The lowest BCUT2D eigenvalue weighted by atomic mass is 10.4. The van der Waals surface area contributed by atoms with E-state index in [1.54, 1.807) is 6.07 Å². The average Bonchev–Trinajstić information content (AvgIpc) is 2.20. The summed E-state index contributed by atoms with van der Waals surface area (Å²) in [5.74, 6) is -0.144. The maximum atomic E-state index is 11.5. The van der Waals surface area contributed by atoms with Gasteiger partial charge in [-0.05, 0) is 12.1 Å². The number of rotatable bonds is 4. The number of pyridine rings is 1. The van der Waals surface area contributed by atoms with Gasteiger partial charge in [0, 0.05) is 13.2 Å². The summed E-state index contributed by atoms with van der Waals surface area (Å²) in [4.78, 5) is 15.3. The number of amides is 1. The Morgan fingerprint density at radius 1 is 1.53 bits per heavy atom. The zero-order chi connectivity index (χ0) is 13.1. The predicted molar refractivity (Wildman–Crippen MR) is 65.4 cm³/mol. The number of hydrogen-bond donors (Lipinski definition) is 1. The van der Waals surface area contributed by atoms with E-state index in [9.17, 15) is 13.2 Å². The fraction of sp³-hybridized carbons (Fsp3) is 0.333. The molecular formula is C9H12ClN3O3S. The van der Waals surface area contributed by atoms with E-state index < -0.39 is 15.9 Å². The normalized spacial score (nSPS) is 11.5. The van der Waals surface area contributed by atoms with E-state index in [1.165, 1.54) is 19.3 Å². The van der Waals surface area contributed by atoms with Crippen LogP contribution in [-0.4, -0.2) is 43.5 Å². The van der Waals surface area contributed by atoms with Gasteiger partial charge in [-0.15, -0.1) is 0 Å². The van der Waals surface area contributed by atoms with Crippen LogP contribution in [0.3, 0.4) is 0 Å². The zero-order valence-corrected chi connectivity index (χ0v) is 10.9. The first-order chi connectivity index (χ1) is 7.79. The number of carbonyl (C=O) groups is 1. The van der Waals surface area contributed by atoms with Gasteiger partial charge in [0.25, 0.3) is 0 Å². The van der Waals surface area contributed by atoms with Crippen LogP contribution in [0.5, 0.6) is 0 Å². The quantitative estimate of drug-likeness (QED) is 0.872. The van der Waals surface area contributed by atoms with Crippen molar-refractivity contribution in [1.82, 2.24) is 9.29 Å². The lowest BCUT2D eigenvalue weighted by Crippen LogP contribution is -2.34. The van der Waals surface area contributed by atoms with Gasteiger partial charge >= 0.3 is 0 Å². The molecule has 0 aliphatic rings. The minimum atomic E-state index is -3.37. The molecule has 0 atom stereocenters. The van der Waals surface area contributed by atoms with Gasteiger partial charge < -0.3 is 5.32 Å². The van der Waals surface area contributed by atoms with Gasteiger partial charge in [-0.2, -0.15) is 4.31 Å². The molecule has 0 saturated carbocycles. The van der Waals surface area contributed by atoms with Gasteiger partial charge in [0.05, 0.1) is 17.8 Å². The van der Waals surface area contributed by atoms with E-state index >= 15 is 0 Å². The van der Waals surface area contributed by atoms with Crippen LogP contribution in [-0.2, 0) is 14.8 Å². The molecule has 0 fully saturated rings. The molecule has 1 rings (SSSR count). The summed E-state index contributed by atoms with van der Waals surface area (Å²) in [7, 11) is -2.04. The summed E-state index contributed by atoms with van der Waals surface area (Å²) in [5.41, 5.74) is 0. The van der Waals surface area contributed by atoms with Crippen LogP contribution in [0.25, 0.3) is 0 Å². The van der Waals surface area contributed by atoms with Crippen LogP contribution in [0.2, 0.25) is 5.02 Å². The number of aromatic nitrogens is 1. The lowest BCUT2D eigenvalue weighted by molar-refractivity contribution is -0.116. The smallest absolute Gasteiger partial charge is 0.240 e. The molecule has 6 nitrogen and oxygen atoms in total. The van der Waals surface area contributed by atoms with E-state index in [1.807, 2.05) is 0 Å². The van der Waals surface area contributed by atoms with Gasteiger partial charge in [0.1, 0.15) is 5.82 Å². The van der Waals surface area contributed by atoms with Gasteiger partial charge in [-0.25, -0.2) is 13.4 Å². The monoisotopic (exact) mass is 277 g/mol. The number of anilines is 1.